The first-order valence-corrected chi connectivity index (χ1v) is 6.94. The van der Waals surface area contributed by atoms with Gasteiger partial charge in [0.15, 0.2) is 5.17 Å². The number of nitrogens with one attached hydrogen (secondary N) is 1. The lowest BCUT2D eigenvalue weighted by molar-refractivity contribution is -0.120. The monoisotopic (exact) mass is 240 g/mol. The molecule has 1 saturated carbocycles. The van der Waals surface area contributed by atoms with Crippen molar-refractivity contribution in [1.82, 2.24) is 5.32 Å². The van der Waals surface area contributed by atoms with Crippen molar-refractivity contribution in [3.05, 3.63) is 0 Å². The van der Waals surface area contributed by atoms with Gasteiger partial charge in [0.25, 0.3) is 0 Å². The van der Waals surface area contributed by atoms with Gasteiger partial charge < -0.3 is 5.32 Å². The lowest BCUT2D eigenvalue weighted by atomic mass is 9.89. The maximum Gasteiger partial charge on any atom is 0.242 e. The minimum absolute atomic E-state index is 0.0832. The molecular weight excluding hydrogens is 220 g/mol. The highest BCUT2D eigenvalue weighted by molar-refractivity contribution is 8.16. The van der Waals surface area contributed by atoms with E-state index >= 15 is 0 Å². The van der Waals surface area contributed by atoms with Crippen molar-refractivity contribution in [1.29, 1.82) is 0 Å². The number of thioether (sulfide) groups is 1. The minimum atomic E-state index is -0.342. The highest BCUT2D eigenvalue weighted by Gasteiger charge is 2.37. The predicted molar refractivity (Wildman–Crippen MR) is 68.7 cm³/mol. The summed E-state index contributed by atoms with van der Waals surface area (Å²) in [4.78, 5) is 16.1. The van der Waals surface area contributed by atoms with Crippen molar-refractivity contribution in [2.24, 2.45) is 10.9 Å². The Morgan fingerprint density at radius 2 is 2.06 bits per heavy atom. The molecule has 1 N–H and O–H groups in total. The van der Waals surface area contributed by atoms with Crippen LogP contribution >= 0.6 is 11.8 Å². The van der Waals surface area contributed by atoms with Crippen LogP contribution in [0.25, 0.3) is 0 Å². The van der Waals surface area contributed by atoms with E-state index < -0.39 is 0 Å². The van der Waals surface area contributed by atoms with Gasteiger partial charge in [0, 0.05) is 6.54 Å². The molecule has 2 aliphatic rings. The quantitative estimate of drug-likeness (QED) is 0.806. The average molecular weight is 240 g/mol. The number of amides is 1. The van der Waals surface area contributed by atoms with Crippen molar-refractivity contribution in [2.45, 2.75) is 50.7 Å². The standard InChI is InChI=1S/C12H20N2OS/c1-12(2)10(15)14-11(16-12)13-8-9-6-4-3-5-7-9/h9H,3-8H2,1-2H3,(H,13,14,15). The van der Waals surface area contributed by atoms with E-state index in [9.17, 15) is 4.79 Å². The summed E-state index contributed by atoms with van der Waals surface area (Å²) in [6.07, 6.45) is 6.68. The van der Waals surface area contributed by atoms with Gasteiger partial charge in [0.05, 0.1) is 4.75 Å². The van der Waals surface area contributed by atoms with Gasteiger partial charge in [-0.15, -0.1) is 0 Å². The van der Waals surface area contributed by atoms with Crippen LogP contribution in [0.3, 0.4) is 0 Å². The number of aliphatic imine (C=N–C) groups is 1. The van der Waals surface area contributed by atoms with Gasteiger partial charge in [-0.05, 0) is 32.6 Å². The molecular formula is C12H20N2OS. The van der Waals surface area contributed by atoms with Gasteiger partial charge in [-0.2, -0.15) is 0 Å². The summed E-state index contributed by atoms with van der Waals surface area (Å²) in [6.45, 7) is 4.77. The van der Waals surface area contributed by atoms with Gasteiger partial charge in [-0.1, -0.05) is 31.0 Å². The first-order chi connectivity index (χ1) is 7.58. The van der Waals surface area contributed by atoms with Crippen LogP contribution in [0.15, 0.2) is 4.99 Å². The summed E-state index contributed by atoms with van der Waals surface area (Å²) in [5.41, 5.74) is 0. The zero-order chi connectivity index (χ0) is 11.6. The van der Waals surface area contributed by atoms with E-state index in [0.29, 0.717) is 0 Å². The summed E-state index contributed by atoms with van der Waals surface area (Å²) < 4.78 is -0.342. The third kappa shape index (κ3) is 2.78. The van der Waals surface area contributed by atoms with Crippen molar-refractivity contribution in [3.8, 4) is 0 Å². The van der Waals surface area contributed by atoms with E-state index in [4.69, 9.17) is 0 Å². The molecule has 2 rings (SSSR count). The summed E-state index contributed by atoms with van der Waals surface area (Å²) in [5, 5.41) is 3.68. The Labute approximate surface area is 101 Å². The van der Waals surface area contributed by atoms with Crippen LogP contribution < -0.4 is 5.32 Å². The molecule has 0 spiro atoms. The zero-order valence-electron chi connectivity index (χ0n) is 10.1. The molecule has 4 heteroatoms. The summed E-state index contributed by atoms with van der Waals surface area (Å²) in [7, 11) is 0. The number of nitrogens with zero attached hydrogens (tertiary/aromatic N) is 1. The Morgan fingerprint density at radius 3 is 2.62 bits per heavy atom. The van der Waals surface area contributed by atoms with Gasteiger partial charge in [-0.25, -0.2) is 0 Å². The summed E-state index contributed by atoms with van der Waals surface area (Å²) in [5.74, 6) is 0.822. The van der Waals surface area contributed by atoms with Crippen LogP contribution in [0.5, 0.6) is 0 Å². The Hall–Kier alpha value is -0.510. The van der Waals surface area contributed by atoms with Gasteiger partial charge >= 0.3 is 0 Å². The fourth-order valence-corrected chi connectivity index (χ4v) is 3.12. The van der Waals surface area contributed by atoms with E-state index in [0.717, 1.165) is 17.6 Å². The second kappa shape index (κ2) is 4.78. The van der Waals surface area contributed by atoms with Crippen LogP contribution in [-0.2, 0) is 4.79 Å². The highest BCUT2D eigenvalue weighted by Crippen LogP contribution is 2.31. The topological polar surface area (TPSA) is 41.5 Å². The Morgan fingerprint density at radius 1 is 1.38 bits per heavy atom. The normalized spacial score (nSPS) is 28.4. The van der Waals surface area contributed by atoms with Crippen molar-refractivity contribution in [3.63, 3.8) is 0 Å². The number of amidine groups is 1. The molecule has 90 valence electrons. The first-order valence-electron chi connectivity index (χ1n) is 6.13. The molecule has 0 aromatic carbocycles. The fourth-order valence-electron chi connectivity index (χ4n) is 2.21. The lowest BCUT2D eigenvalue weighted by Crippen LogP contribution is -2.30. The zero-order valence-corrected chi connectivity index (χ0v) is 10.9. The number of carbonyl (C=O) groups excluding carboxylic acids is 1. The molecule has 1 aliphatic heterocycles. The van der Waals surface area contributed by atoms with Crippen LogP contribution in [0.4, 0.5) is 0 Å². The third-order valence-corrected chi connectivity index (χ3v) is 4.46. The number of carbonyl (C=O) groups is 1. The SMILES string of the molecule is CC1(C)SC(=NCC2CCCCC2)NC1=O. The molecule has 3 nitrogen and oxygen atoms in total. The van der Waals surface area contributed by atoms with Crippen molar-refractivity contribution >= 4 is 22.8 Å². The van der Waals surface area contributed by atoms with E-state index in [-0.39, 0.29) is 10.7 Å². The fraction of sp³-hybridized carbons (Fsp3) is 0.833. The molecule has 1 heterocycles. The third-order valence-electron chi connectivity index (χ3n) is 3.34. The number of rotatable bonds is 2. The second-order valence-corrected chi connectivity index (χ2v) is 6.83. The first kappa shape index (κ1) is 12.0. The maximum atomic E-state index is 11.5. The maximum absolute atomic E-state index is 11.5. The average Bonchev–Trinajstić information content (AvgIpc) is 2.52. The molecule has 1 aliphatic carbocycles. The smallest absolute Gasteiger partial charge is 0.242 e. The largest absolute Gasteiger partial charge is 0.304 e. The van der Waals surface area contributed by atoms with Crippen molar-refractivity contribution in [2.75, 3.05) is 6.54 Å². The van der Waals surface area contributed by atoms with E-state index in [1.807, 2.05) is 13.8 Å². The molecule has 0 unspecified atom stereocenters. The molecule has 2 fully saturated rings. The molecule has 0 atom stereocenters. The lowest BCUT2D eigenvalue weighted by Gasteiger charge is -2.19. The van der Waals surface area contributed by atoms with Crippen LogP contribution in [-0.4, -0.2) is 22.4 Å². The molecule has 1 amide bonds. The van der Waals surface area contributed by atoms with E-state index in [2.05, 4.69) is 10.3 Å². The number of hydrogen-bond acceptors (Lipinski definition) is 3. The molecule has 16 heavy (non-hydrogen) atoms. The van der Waals surface area contributed by atoms with E-state index in [1.165, 1.54) is 32.1 Å². The second-order valence-electron chi connectivity index (χ2n) is 5.22. The Kier molecular flexibility index (Phi) is 3.57. The molecule has 0 bridgehead atoms. The van der Waals surface area contributed by atoms with E-state index in [1.54, 1.807) is 11.8 Å². The van der Waals surface area contributed by atoms with Gasteiger partial charge in [0.2, 0.25) is 5.91 Å². The minimum Gasteiger partial charge on any atom is -0.304 e. The highest BCUT2D eigenvalue weighted by atomic mass is 32.2. The molecule has 0 aromatic heterocycles. The Bertz CT molecular complexity index is 306. The van der Waals surface area contributed by atoms with Crippen LogP contribution in [0.1, 0.15) is 46.0 Å². The summed E-state index contributed by atoms with van der Waals surface area (Å²) in [6, 6.07) is 0. The van der Waals surface area contributed by atoms with Crippen molar-refractivity contribution < 1.29 is 4.79 Å². The van der Waals surface area contributed by atoms with Crippen LogP contribution in [0.2, 0.25) is 0 Å². The molecule has 0 aromatic rings. The number of hydrogen-bond donors (Lipinski definition) is 1. The van der Waals surface area contributed by atoms with Crippen LogP contribution in [0, 0.1) is 5.92 Å². The molecule has 0 radical (unpaired) electrons. The molecule has 1 saturated heterocycles. The van der Waals surface area contributed by atoms with Gasteiger partial charge in [-0.3, -0.25) is 9.79 Å². The Balaban J connectivity index is 1.86. The van der Waals surface area contributed by atoms with Gasteiger partial charge in [0.1, 0.15) is 0 Å². The summed E-state index contributed by atoms with van der Waals surface area (Å²) >= 11 is 1.55. The predicted octanol–water partition coefficient (Wildman–Crippen LogP) is 2.56.